The summed E-state index contributed by atoms with van der Waals surface area (Å²) in [6, 6.07) is 11.7. The summed E-state index contributed by atoms with van der Waals surface area (Å²) in [6.07, 6.45) is 1.80. The van der Waals surface area contributed by atoms with Gasteiger partial charge in [-0.2, -0.15) is 0 Å². The maximum atomic E-state index is 13.7. The smallest absolute Gasteiger partial charge is 0.337 e. The summed E-state index contributed by atoms with van der Waals surface area (Å²) in [5.74, 6) is -0.836. The molecule has 0 amide bonds. The van der Waals surface area contributed by atoms with Crippen LogP contribution in [0, 0.1) is 18.8 Å². The molecule has 0 saturated carbocycles. The molecule has 2 saturated heterocycles. The summed E-state index contributed by atoms with van der Waals surface area (Å²) in [5, 5.41) is 11.5. The molecular weight excluding hydrogens is 416 g/mol. The summed E-state index contributed by atoms with van der Waals surface area (Å²) in [5.41, 5.74) is 6.29. The Hall–Kier alpha value is -2.92. The summed E-state index contributed by atoms with van der Waals surface area (Å²) in [4.78, 5) is 25.7. The summed E-state index contributed by atoms with van der Waals surface area (Å²) >= 11 is 0. The highest BCUT2D eigenvalue weighted by molar-refractivity contribution is 6.26. The largest absolute Gasteiger partial charge is 0.511 e. The van der Waals surface area contributed by atoms with Gasteiger partial charge in [0.2, 0.25) is 0 Å². The molecule has 2 aliphatic heterocycles. The Kier molecular flexibility index (Phi) is 5.40. The molecule has 1 aliphatic carbocycles. The van der Waals surface area contributed by atoms with Crippen molar-refractivity contribution in [1.82, 2.24) is 0 Å². The van der Waals surface area contributed by atoms with E-state index in [1.165, 1.54) is 12.7 Å². The van der Waals surface area contributed by atoms with Crippen molar-refractivity contribution < 1.29 is 24.2 Å². The van der Waals surface area contributed by atoms with Crippen LogP contribution in [0.15, 0.2) is 42.2 Å². The van der Waals surface area contributed by atoms with Crippen molar-refractivity contribution in [3.05, 3.63) is 75.5 Å². The van der Waals surface area contributed by atoms with Crippen LogP contribution in [-0.4, -0.2) is 36.2 Å². The number of methoxy groups -OCH3 is 1. The van der Waals surface area contributed by atoms with Gasteiger partial charge in [0.05, 0.1) is 42.3 Å². The van der Waals surface area contributed by atoms with E-state index in [-0.39, 0.29) is 47.5 Å². The standard InChI is InChI=1S/C28H30O5/c1-5-15-10-14(3)11-16(6-2)21(15)23-25(29)22-20-13-19(27(33-20)24(22)26(23)30)17-8-7-9-18(12-17)28(31)32-4/h7-12,19-20,22,24,27,30H,5-6,13H2,1-4H3/t19-,20-,22-,24+,27+/m0/s1. The van der Waals surface area contributed by atoms with E-state index in [0.717, 1.165) is 35.1 Å². The zero-order chi connectivity index (χ0) is 23.4. The molecule has 0 radical (unpaired) electrons. The first-order valence-electron chi connectivity index (χ1n) is 11.8. The Labute approximate surface area is 194 Å². The molecule has 1 N–H and O–H groups in total. The van der Waals surface area contributed by atoms with Crippen molar-refractivity contribution in [2.75, 3.05) is 7.11 Å². The number of ether oxygens (including phenoxy) is 2. The molecule has 5 atom stereocenters. The minimum Gasteiger partial charge on any atom is -0.511 e. The molecule has 2 bridgehead atoms. The van der Waals surface area contributed by atoms with Crippen molar-refractivity contribution >= 4 is 17.3 Å². The Morgan fingerprint density at radius 1 is 1.12 bits per heavy atom. The molecule has 2 heterocycles. The van der Waals surface area contributed by atoms with Gasteiger partial charge in [0, 0.05) is 5.92 Å². The van der Waals surface area contributed by atoms with Crippen molar-refractivity contribution in [2.45, 2.75) is 58.2 Å². The fourth-order valence-corrected chi connectivity index (χ4v) is 6.27. The van der Waals surface area contributed by atoms with Gasteiger partial charge in [0.15, 0.2) is 5.78 Å². The number of carbonyl (C=O) groups excluding carboxylic acids is 2. The summed E-state index contributed by atoms with van der Waals surface area (Å²) in [6.45, 7) is 6.25. The fraction of sp³-hybridized carbons (Fsp3) is 0.429. The number of aryl methyl sites for hydroxylation is 3. The topological polar surface area (TPSA) is 72.8 Å². The summed E-state index contributed by atoms with van der Waals surface area (Å²) in [7, 11) is 1.37. The number of esters is 1. The second-order valence-corrected chi connectivity index (χ2v) is 9.44. The summed E-state index contributed by atoms with van der Waals surface area (Å²) < 4.78 is 11.1. The average molecular weight is 447 g/mol. The number of aliphatic hydroxyl groups is 1. The van der Waals surface area contributed by atoms with E-state index in [2.05, 4.69) is 32.9 Å². The lowest BCUT2D eigenvalue weighted by Gasteiger charge is -2.28. The van der Waals surface area contributed by atoms with Crippen LogP contribution >= 0.6 is 0 Å². The second-order valence-electron chi connectivity index (χ2n) is 9.44. The molecule has 3 aliphatic rings. The average Bonchev–Trinajstić information content (AvgIpc) is 3.49. The van der Waals surface area contributed by atoms with Gasteiger partial charge in [-0.3, -0.25) is 4.79 Å². The number of aliphatic hydroxyl groups excluding tert-OH is 1. The number of ketones is 1. The third-order valence-corrected chi connectivity index (χ3v) is 7.67. The molecule has 5 nitrogen and oxygen atoms in total. The van der Waals surface area contributed by atoms with Gasteiger partial charge < -0.3 is 14.6 Å². The van der Waals surface area contributed by atoms with Gasteiger partial charge in [0.1, 0.15) is 5.76 Å². The van der Waals surface area contributed by atoms with E-state index in [9.17, 15) is 14.7 Å². The highest BCUT2D eigenvalue weighted by Gasteiger charge is 2.62. The zero-order valence-corrected chi connectivity index (χ0v) is 19.6. The van der Waals surface area contributed by atoms with E-state index in [1.54, 1.807) is 6.07 Å². The van der Waals surface area contributed by atoms with E-state index >= 15 is 0 Å². The highest BCUT2D eigenvalue weighted by Crippen LogP contribution is 2.58. The fourth-order valence-electron chi connectivity index (χ4n) is 6.27. The van der Waals surface area contributed by atoms with Crippen molar-refractivity contribution in [3.63, 3.8) is 0 Å². The number of hydrogen-bond acceptors (Lipinski definition) is 5. The van der Waals surface area contributed by atoms with Gasteiger partial charge in [-0.25, -0.2) is 4.79 Å². The number of fused-ring (bicyclic) bond motifs is 5. The first-order valence-corrected chi connectivity index (χ1v) is 11.8. The minimum atomic E-state index is -0.376. The SMILES string of the molecule is CCc1cc(C)cc(CC)c1C1=C(O)[C@@H]2[C@@H]3O[C@@H](C[C@H]3c3cccc(C(=O)OC)c3)[C@@H]2C1=O. The number of rotatable bonds is 5. The number of carbonyl (C=O) groups is 2. The third-order valence-electron chi connectivity index (χ3n) is 7.67. The van der Waals surface area contributed by atoms with Crippen LogP contribution in [-0.2, 0) is 27.1 Å². The van der Waals surface area contributed by atoms with E-state index in [4.69, 9.17) is 9.47 Å². The normalized spacial score (nSPS) is 27.9. The van der Waals surface area contributed by atoms with Crippen LogP contribution in [0.5, 0.6) is 0 Å². The predicted octanol–water partition coefficient (Wildman–Crippen LogP) is 4.95. The van der Waals surface area contributed by atoms with Crippen LogP contribution in [0.25, 0.3) is 5.57 Å². The third kappa shape index (κ3) is 3.24. The number of hydrogen-bond donors (Lipinski definition) is 1. The molecular formula is C28H30O5. The monoisotopic (exact) mass is 446 g/mol. The van der Waals surface area contributed by atoms with E-state index in [1.807, 2.05) is 18.2 Å². The Balaban J connectivity index is 1.56. The molecule has 5 heteroatoms. The Bertz CT molecular complexity index is 1150. The van der Waals surface area contributed by atoms with E-state index < -0.39 is 0 Å². The van der Waals surface area contributed by atoms with Gasteiger partial charge in [0.25, 0.3) is 0 Å². The van der Waals surface area contributed by atoms with Crippen LogP contribution in [0.2, 0.25) is 0 Å². The second kappa shape index (κ2) is 8.14. The molecule has 5 rings (SSSR count). The number of benzene rings is 2. The molecule has 0 aromatic heterocycles. The number of allylic oxidation sites excluding steroid dienone is 1. The van der Waals surface area contributed by atoms with Gasteiger partial charge in [-0.05, 0) is 60.6 Å². The lowest BCUT2D eigenvalue weighted by molar-refractivity contribution is -0.118. The Morgan fingerprint density at radius 3 is 2.45 bits per heavy atom. The minimum absolute atomic E-state index is 0.0139. The lowest BCUT2D eigenvalue weighted by Crippen LogP contribution is -2.33. The molecule has 0 spiro atoms. The van der Waals surface area contributed by atoms with Gasteiger partial charge in [-0.1, -0.05) is 43.7 Å². The van der Waals surface area contributed by atoms with Crippen LogP contribution in [0.4, 0.5) is 0 Å². The molecule has 2 aromatic rings. The first-order chi connectivity index (χ1) is 15.9. The van der Waals surface area contributed by atoms with Crippen molar-refractivity contribution in [3.8, 4) is 0 Å². The van der Waals surface area contributed by atoms with Gasteiger partial charge in [-0.15, -0.1) is 0 Å². The van der Waals surface area contributed by atoms with Crippen LogP contribution in [0.1, 0.15) is 64.4 Å². The molecule has 33 heavy (non-hydrogen) atoms. The highest BCUT2D eigenvalue weighted by atomic mass is 16.5. The van der Waals surface area contributed by atoms with Crippen LogP contribution < -0.4 is 0 Å². The van der Waals surface area contributed by atoms with E-state index in [0.29, 0.717) is 17.6 Å². The van der Waals surface area contributed by atoms with Crippen molar-refractivity contribution in [1.29, 1.82) is 0 Å². The van der Waals surface area contributed by atoms with Crippen LogP contribution in [0.3, 0.4) is 0 Å². The molecule has 2 aromatic carbocycles. The van der Waals surface area contributed by atoms with Crippen molar-refractivity contribution in [2.24, 2.45) is 11.8 Å². The molecule has 2 fully saturated rings. The molecule has 172 valence electrons. The first kappa shape index (κ1) is 21.9. The zero-order valence-electron chi connectivity index (χ0n) is 19.6. The number of Topliss-reactive ketones (excluding diaryl/α,β-unsaturated/α-hetero) is 1. The maximum Gasteiger partial charge on any atom is 0.337 e. The lowest BCUT2D eigenvalue weighted by atomic mass is 9.72. The predicted molar refractivity (Wildman–Crippen MR) is 125 cm³/mol. The Morgan fingerprint density at radius 2 is 1.82 bits per heavy atom. The quantitative estimate of drug-likeness (QED) is 0.658. The van der Waals surface area contributed by atoms with Gasteiger partial charge >= 0.3 is 5.97 Å². The molecule has 0 unspecified atom stereocenters. The maximum absolute atomic E-state index is 13.7.